The number of nitrogens with one attached hydrogen (secondary N) is 1. The zero-order valence-electron chi connectivity index (χ0n) is 10.8. The van der Waals surface area contributed by atoms with Crippen molar-refractivity contribution in [1.29, 1.82) is 0 Å². The van der Waals surface area contributed by atoms with Gasteiger partial charge >= 0.3 is 6.61 Å². The largest absolute Gasteiger partial charge is 0.432 e. The summed E-state index contributed by atoms with van der Waals surface area (Å²) in [5.41, 5.74) is 6.17. The summed E-state index contributed by atoms with van der Waals surface area (Å²) in [6.07, 6.45) is 2.51. The van der Waals surface area contributed by atoms with Gasteiger partial charge in [0.05, 0.1) is 17.5 Å². The molecule has 0 heterocycles. The van der Waals surface area contributed by atoms with Crippen LogP contribution in [0.3, 0.4) is 0 Å². The lowest BCUT2D eigenvalue weighted by Crippen LogP contribution is -2.28. The quantitative estimate of drug-likeness (QED) is 0.746. The van der Waals surface area contributed by atoms with Crippen molar-refractivity contribution in [3.63, 3.8) is 0 Å². The Hall–Kier alpha value is -1.63. The van der Waals surface area contributed by atoms with Gasteiger partial charge < -0.3 is 20.9 Å². The number of aliphatic hydroxyl groups excluding tert-OH is 1. The molecule has 1 aromatic rings. The minimum atomic E-state index is -3.09. The molecule has 1 aromatic carbocycles. The number of alkyl halides is 2. The van der Waals surface area contributed by atoms with Crippen LogP contribution in [0.1, 0.15) is 25.7 Å². The summed E-state index contributed by atoms with van der Waals surface area (Å²) in [6.45, 7) is -3.09. The first-order valence-corrected chi connectivity index (χ1v) is 6.44. The van der Waals surface area contributed by atoms with Gasteiger partial charge in [-0.15, -0.1) is 0 Å². The van der Waals surface area contributed by atoms with E-state index < -0.39 is 18.2 Å². The lowest BCUT2D eigenvalue weighted by atomic mass is 9.93. The number of hydrogen-bond donors (Lipinski definition) is 3. The van der Waals surface area contributed by atoms with Crippen LogP contribution in [-0.2, 0) is 0 Å². The van der Waals surface area contributed by atoms with E-state index in [2.05, 4.69) is 10.1 Å². The number of nitrogen functional groups attached to an aromatic ring is 1. The summed E-state index contributed by atoms with van der Waals surface area (Å²) >= 11 is 0. The van der Waals surface area contributed by atoms with Crippen molar-refractivity contribution >= 4 is 11.4 Å². The van der Waals surface area contributed by atoms with Crippen molar-refractivity contribution < 1.29 is 23.0 Å². The standard InChI is InChI=1S/C13H17F3N2O2/c14-9-5-10(17)11(6-12(9)20-13(15)16)18-7-1-3-8(19)4-2-7/h5-8,13,18-19H,1-4,17H2. The molecule has 1 aliphatic carbocycles. The van der Waals surface area contributed by atoms with E-state index in [1.165, 1.54) is 0 Å². The molecule has 0 bridgehead atoms. The Morgan fingerprint density at radius 2 is 1.90 bits per heavy atom. The Morgan fingerprint density at radius 1 is 1.25 bits per heavy atom. The predicted octanol–water partition coefficient (Wildman–Crippen LogP) is 2.72. The smallest absolute Gasteiger partial charge is 0.387 e. The van der Waals surface area contributed by atoms with Crippen LogP contribution >= 0.6 is 0 Å². The monoisotopic (exact) mass is 290 g/mol. The molecule has 4 nitrogen and oxygen atoms in total. The zero-order chi connectivity index (χ0) is 14.7. The van der Waals surface area contributed by atoms with Crippen LogP contribution < -0.4 is 15.8 Å². The number of ether oxygens (including phenoxy) is 1. The van der Waals surface area contributed by atoms with E-state index in [9.17, 15) is 18.3 Å². The van der Waals surface area contributed by atoms with E-state index in [-0.39, 0.29) is 17.8 Å². The van der Waals surface area contributed by atoms with Gasteiger partial charge in [-0.05, 0) is 25.7 Å². The van der Waals surface area contributed by atoms with Crippen LogP contribution in [0.2, 0.25) is 0 Å². The molecule has 4 N–H and O–H groups in total. The number of aliphatic hydroxyl groups is 1. The van der Waals surface area contributed by atoms with Crippen LogP contribution in [0.25, 0.3) is 0 Å². The van der Waals surface area contributed by atoms with Crippen molar-refractivity contribution in [3.8, 4) is 5.75 Å². The molecular weight excluding hydrogens is 273 g/mol. The fraction of sp³-hybridized carbons (Fsp3) is 0.538. The minimum absolute atomic E-state index is 0.0746. The van der Waals surface area contributed by atoms with Crippen LogP contribution in [0.5, 0.6) is 5.75 Å². The third kappa shape index (κ3) is 3.69. The Balaban J connectivity index is 2.10. The van der Waals surface area contributed by atoms with Gasteiger partial charge in [-0.1, -0.05) is 0 Å². The normalized spacial score (nSPS) is 22.9. The maximum Gasteiger partial charge on any atom is 0.387 e. The first-order chi connectivity index (χ1) is 9.45. The highest BCUT2D eigenvalue weighted by Crippen LogP contribution is 2.31. The summed E-state index contributed by atoms with van der Waals surface area (Å²) < 4.78 is 41.9. The maximum absolute atomic E-state index is 13.4. The highest BCUT2D eigenvalue weighted by Gasteiger charge is 2.21. The third-order valence-corrected chi connectivity index (χ3v) is 3.38. The molecule has 0 aromatic heterocycles. The zero-order valence-corrected chi connectivity index (χ0v) is 10.8. The fourth-order valence-electron chi connectivity index (χ4n) is 2.32. The van der Waals surface area contributed by atoms with E-state index in [1.807, 2.05) is 0 Å². The van der Waals surface area contributed by atoms with Gasteiger partial charge in [-0.3, -0.25) is 0 Å². The lowest BCUT2D eigenvalue weighted by Gasteiger charge is -2.27. The second kappa shape index (κ2) is 6.21. The molecule has 0 unspecified atom stereocenters. The highest BCUT2D eigenvalue weighted by molar-refractivity contribution is 5.69. The number of benzene rings is 1. The Bertz CT molecular complexity index is 463. The fourth-order valence-corrected chi connectivity index (χ4v) is 2.32. The number of anilines is 2. The SMILES string of the molecule is Nc1cc(F)c(OC(F)F)cc1NC1CCC(O)CC1. The number of rotatable bonds is 4. The summed E-state index contributed by atoms with van der Waals surface area (Å²) in [7, 11) is 0. The number of halogens is 3. The number of nitrogens with two attached hydrogens (primary N) is 1. The predicted molar refractivity (Wildman–Crippen MR) is 69.3 cm³/mol. The second-order valence-electron chi connectivity index (χ2n) is 4.90. The third-order valence-electron chi connectivity index (χ3n) is 3.38. The number of hydrogen-bond acceptors (Lipinski definition) is 4. The topological polar surface area (TPSA) is 67.5 Å². The van der Waals surface area contributed by atoms with Crippen LogP contribution in [0.4, 0.5) is 24.5 Å². The molecule has 2 rings (SSSR count). The Kier molecular flexibility index (Phi) is 4.59. The van der Waals surface area contributed by atoms with Gasteiger partial charge in [-0.2, -0.15) is 8.78 Å². The maximum atomic E-state index is 13.4. The first kappa shape index (κ1) is 14.8. The summed E-state index contributed by atoms with van der Waals surface area (Å²) in [5, 5.41) is 12.5. The Labute approximate surface area is 114 Å². The van der Waals surface area contributed by atoms with Crippen molar-refractivity contribution in [3.05, 3.63) is 17.9 Å². The van der Waals surface area contributed by atoms with Crippen molar-refractivity contribution in [2.45, 2.75) is 44.4 Å². The van der Waals surface area contributed by atoms with Gasteiger partial charge in [0.15, 0.2) is 11.6 Å². The Morgan fingerprint density at radius 3 is 2.50 bits per heavy atom. The lowest BCUT2D eigenvalue weighted by molar-refractivity contribution is -0.0521. The van der Waals surface area contributed by atoms with Gasteiger partial charge in [-0.25, -0.2) is 4.39 Å². The molecule has 1 fully saturated rings. The van der Waals surface area contributed by atoms with E-state index >= 15 is 0 Å². The molecule has 1 saturated carbocycles. The highest BCUT2D eigenvalue weighted by atomic mass is 19.3. The molecule has 7 heteroatoms. The molecule has 0 amide bonds. The summed E-state index contributed by atoms with van der Waals surface area (Å²) in [5.74, 6) is -1.46. The van der Waals surface area contributed by atoms with E-state index in [0.29, 0.717) is 18.5 Å². The van der Waals surface area contributed by atoms with Crippen LogP contribution in [-0.4, -0.2) is 23.9 Å². The van der Waals surface area contributed by atoms with E-state index in [0.717, 1.165) is 25.0 Å². The summed E-state index contributed by atoms with van der Waals surface area (Å²) in [6, 6.07) is 2.17. The van der Waals surface area contributed by atoms with Crippen molar-refractivity contribution in [2.75, 3.05) is 11.1 Å². The molecule has 20 heavy (non-hydrogen) atoms. The summed E-state index contributed by atoms with van der Waals surface area (Å²) in [4.78, 5) is 0. The van der Waals surface area contributed by atoms with Crippen molar-refractivity contribution in [2.24, 2.45) is 0 Å². The molecule has 0 saturated heterocycles. The average molecular weight is 290 g/mol. The van der Waals surface area contributed by atoms with E-state index in [4.69, 9.17) is 5.73 Å². The van der Waals surface area contributed by atoms with Crippen LogP contribution in [0, 0.1) is 5.82 Å². The van der Waals surface area contributed by atoms with Crippen LogP contribution in [0.15, 0.2) is 12.1 Å². The molecule has 0 aliphatic heterocycles. The molecule has 0 spiro atoms. The minimum Gasteiger partial charge on any atom is -0.432 e. The molecule has 0 radical (unpaired) electrons. The van der Waals surface area contributed by atoms with Crippen molar-refractivity contribution in [1.82, 2.24) is 0 Å². The van der Waals surface area contributed by atoms with E-state index in [1.54, 1.807) is 0 Å². The van der Waals surface area contributed by atoms with Gasteiger partial charge in [0.1, 0.15) is 0 Å². The average Bonchev–Trinajstić information content (AvgIpc) is 2.37. The first-order valence-electron chi connectivity index (χ1n) is 6.44. The molecule has 112 valence electrons. The van der Waals surface area contributed by atoms with Gasteiger partial charge in [0.25, 0.3) is 0 Å². The molecular formula is C13H17F3N2O2. The second-order valence-corrected chi connectivity index (χ2v) is 4.90. The van der Waals surface area contributed by atoms with Gasteiger partial charge in [0, 0.05) is 18.2 Å². The molecule has 1 aliphatic rings. The molecule has 0 atom stereocenters. The van der Waals surface area contributed by atoms with Gasteiger partial charge in [0.2, 0.25) is 0 Å².